The molecule has 1 spiro atoms. The van der Waals surface area contributed by atoms with E-state index in [1.54, 1.807) is 29.5 Å². The largest absolute Gasteiger partial charge is 0.444 e. The Balaban J connectivity index is 1.32. The van der Waals surface area contributed by atoms with Gasteiger partial charge in [0.05, 0.1) is 0 Å². The van der Waals surface area contributed by atoms with Gasteiger partial charge in [0.15, 0.2) is 10.4 Å². The van der Waals surface area contributed by atoms with Crippen LogP contribution in [-0.2, 0) is 4.79 Å². The number of carbonyl (C=O) groups excluding carboxylic acids is 2. The van der Waals surface area contributed by atoms with Crippen molar-refractivity contribution in [2.45, 2.75) is 19.3 Å². The topological polar surface area (TPSA) is 53.8 Å². The van der Waals surface area contributed by atoms with Crippen molar-refractivity contribution in [3.05, 3.63) is 51.0 Å². The maximum atomic E-state index is 12.6. The monoisotopic (exact) mass is 448 g/mol. The van der Waals surface area contributed by atoms with Gasteiger partial charge in [-0.3, -0.25) is 9.59 Å². The summed E-state index contributed by atoms with van der Waals surface area (Å²) < 4.78 is 5.98. The van der Waals surface area contributed by atoms with Crippen molar-refractivity contribution in [1.82, 2.24) is 9.80 Å². The lowest BCUT2D eigenvalue weighted by molar-refractivity contribution is -0.128. The van der Waals surface area contributed by atoms with Crippen molar-refractivity contribution in [2.24, 2.45) is 5.41 Å². The predicted molar refractivity (Wildman–Crippen MR) is 109 cm³/mol. The number of halogens is 1. The van der Waals surface area contributed by atoms with Crippen molar-refractivity contribution < 1.29 is 14.0 Å². The van der Waals surface area contributed by atoms with E-state index < -0.39 is 0 Å². The smallest absolute Gasteiger partial charge is 0.289 e. The van der Waals surface area contributed by atoms with Crippen molar-refractivity contribution in [2.75, 3.05) is 26.2 Å². The molecule has 0 atom stereocenters. The van der Waals surface area contributed by atoms with Crippen molar-refractivity contribution in [3.8, 4) is 0 Å². The fraction of sp³-hybridized carbons (Fsp3) is 0.400. The number of likely N-dealkylation sites (tertiary alicyclic amines) is 2. The summed E-state index contributed by atoms with van der Waals surface area (Å²) >= 11 is 4.87. The van der Waals surface area contributed by atoms with E-state index in [2.05, 4.69) is 15.9 Å². The molecule has 2 fully saturated rings. The SMILES string of the molecule is O=C(C=Cc1ccsc1)N1CCC2(CC1)CCN(C(=O)c1ccc(Br)o1)C2. The molecule has 0 saturated carbocycles. The van der Waals surface area contributed by atoms with Gasteiger partial charge in [-0.2, -0.15) is 11.3 Å². The number of nitrogens with zero attached hydrogens (tertiary/aromatic N) is 2. The molecule has 2 aromatic rings. The summed E-state index contributed by atoms with van der Waals surface area (Å²) in [5.74, 6) is 0.405. The summed E-state index contributed by atoms with van der Waals surface area (Å²) in [5.41, 5.74) is 1.20. The number of hydrogen-bond acceptors (Lipinski definition) is 4. The van der Waals surface area contributed by atoms with Gasteiger partial charge in [-0.15, -0.1) is 0 Å². The Morgan fingerprint density at radius 2 is 1.85 bits per heavy atom. The zero-order valence-electron chi connectivity index (χ0n) is 14.9. The number of hydrogen-bond donors (Lipinski definition) is 0. The van der Waals surface area contributed by atoms with Crippen LogP contribution in [0.25, 0.3) is 6.08 Å². The van der Waals surface area contributed by atoms with Crippen LogP contribution < -0.4 is 0 Å². The summed E-state index contributed by atoms with van der Waals surface area (Å²) in [6.45, 7) is 3.00. The predicted octanol–water partition coefficient (Wildman–Crippen LogP) is 4.27. The molecule has 0 aliphatic carbocycles. The fourth-order valence-corrected chi connectivity index (χ4v) is 4.88. The van der Waals surface area contributed by atoms with Gasteiger partial charge in [0.2, 0.25) is 5.91 Å². The minimum absolute atomic E-state index is 0.0465. The first-order valence-electron chi connectivity index (χ1n) is 9.09. The summed E-state index contributed by atoms with van der Waals surface area (Å²) in [6, 6.07) is 5.45. The zero-order valence-corrected chi connectivity index (χ0v) is 17.3. The number of carbonyl (C=O) groups is 2. The number of furan rings is 1. The molecule has 0 aromatic carbocycles. The van der Waals surface area contributed by atoms with Crippen LogP contribution in [0.1, 0.15) is 35.4 Å². The Morgan fingerprint density at radius 1 is 1.11 bits per heavy atom. The molecule has 0 bridgehead atoms. The van der Waals surface area contributed by atoms with Crippen molar-refractivity contribution >= 4 is 45.2 Å². The van der Waals surface area contributed by atoms with Gasteiger partial charge >= 0.3 is 0 Å². The number of piperidine rings is 1. The van der Waals surface area contributed by atoms with E-state index in [0.29, 0.717) is 10.4 Å². The highest BCUT2D eigenvalue weighted by molar-refractivity contribution is 9.10. The van der Waals surface area contributed by atoms with Crippen LogP contribution in [-0.4, -0.2) is 47.8 Å². The highest BCUT2D eigenvalue weighted by Gasteiger charge is 2.43. The van der Waals surface area contributed by atoms with E-state index in [-0.39, 0.29) is 17.2 Å². The van der Waals surface area contributed by atoms with Crippen molar-refractivity contribution in [1.29, 1.82) is 0 Å². The summed E-state index contributed by atoms with van der Waals surface area (Å²) in [4.78, 5) is 28.8. The second kappa shape index (κ2) is 7.64. The average molecular weight is 449 g/mol. The van der Waals surface area contributed by atoms with Crippen LogP contribution in [0.2, 0.25) is 0 Å². The van der Waals surface area contributed by atoms with Gasteiger partial charge in [-0.05, 0) is 81.2 Å². The van der Waals surface area contributed by atoms with Gasteiger partial charge in [0, 0.05) is 32.3 Å². The second-order valence-electron chi connectivity index (χ2n) is 7.30. The van der Waals surface area contributed by atoms with Gasteiger partial charge in [0.1, 0.15) is 0 Å². The molecule has 7 heteroatoms. The quantitative estimate of drug-likeness (QED) is 0.658. The molecule has 2 aromatic heterocycles. The van der Waals surface area contributed by atoms with E-state index >= 15 is 0 Å². The molecular formula is C20H21BrN2O3S. The van der Waals surface area contributed by atoms with E-state index in [9.17, 15) is 9.59 Å². The molecule has 0 N–H and O–H groups in total. The summed E-state index contributed by atoms with van der Waals surface area (Å²) in [6.07, 6.45) is 6.42. The molecule has 0 radical (unpaired) electrons. The Morgan fingerprint density at radius 3 is 2.48 bits per heavy atom. The maximum Gasteiger partial charge on any atom is 0.289 e. The second-order valence-corrected chi connectivity index (χ2v) is 8.86. The van der Waals surface area contributed by atoms with Crippen LogP contribution >= 0.6 is 27.3 Å². The number of thiophene rings is 1. The molecule has 4 rings (SSSR count). The minimum atomic E-state index is -0.0465. The molecule has 27 heavy (non-hydrogen) atoms. The Bertz CT molecular complexity index is 850. The molecule has 2 aliphatic heterocycles. The lowest BCUT2D eigenvalue weighted by atomic mass is 9.78. The Labute approximate surface area is 170 Å². The van der Waals surface area contributed by atoms with E-state index in [1.807, 2.05) is 32.7 Å². The maximum absolute atomic E-state index is 12.6. The van der Waals surface area contributed by atoms with E-state index in [4.69, 9.17) is 4.42 Å². The first kappa shape index (κ1) is 18.5. The Hall–Kier alpha value is -1.86. The lowest BCUT2D eigenvalue weighted by Crippen LogP contribution is -2.44. The van der Waals surface area contributed by atoms with Gasteiger partial charge in [0.25, 0.3) is 5.91 Å². The molecule has 2 amide bonds. The van der Waals surface area contributed by atoms with Crippen LogP contribution in [0.5, 0.6) is 0 Å². The highest BCUT2D eigenvalue weighted by Crippen LogP contribution is 2.41. The molecule has 142 valence electrons. The summed E-state index contributed by atoms with van der Waals surface area (Å²) in [5, 5.41) is 4.03. The third-order valence-corrected chi connectivity index (χ3v) is 6.73. The first-order chi connectivity index (χ1) is 13.0. The van der Waals surface area contributed by atoms with Crippen LogP contribution in [0, 0.1) is 5.41 Å². The van der Waals surface area contributed by atoms with Gasteiger partial charge < -0.3 is 14.2 Å². The number of amides is 2. The van der Waals surface area contributed by atoms with Crippen LogP contribution in [0.4, 0.5) is 0 Å². The Kier molecular flexibility index (Phi) is 5.23. The van der Waals surface area contributed by atoms with Gasteiger partial charge in [-0.1, -0.05) is 0 Å². The molecule has 2 aliphatic rings. The minimum Gasteiger partial charge on any atom is -0.444 e. The number of rotatable bonds is 3. The zero-order chi connectivity index (χ0) is 18.9. The summed E-state index contributed by atoms with van der Waals surface area (Å²) in [7, 11) is 0. The normalized spacial score (nSPS) is 19.3. The van der Waals surface area contributed by atoms with Crippen molar-refractivity contribution in [3.63, 3.8) is 0 Å². The average Bonchev–Trinajstić information content (AvgIpc) is 3.41. The van der Waals surface area contributed by atoms with Crippen LogP contribution in [0.15, 0.2) is 44.1 Å². The standard InChI is InChI=1S/C20H21BrN2O3S/c21-17-3-2-16(26-17)19(25)23-11-8-20(14-23)6-9-22(10-7-20)18(24)4-1-15-5-12-27-13-15/h1-5,12-13H,6-11,14H2. The molecule has 0 unspecified atom stereocenters. The third kappa shape index (κ3) is 4.04. The highest BCUT2D eigenvalue weighted by atomic mass is 79.9. The van der Waals surface area contributed by atoms with Crippen LogP contribution in [0.3, 0.4) is 0 Å². The van der Waals surface area contributed by atoms with Gasteiger partial charge in [-0.25, -0.2) is 0 Å². The molecular weight excluding hydrogens is 428 g/mol. The third-order valence-electron chi connectivity index (χ3n) is 5.61. The first-order valence-corrected chi connectivity index (χ1v) is 10.8. The molecule has 2 saturated heterocycles. The lowest BCUT2D eigenvalue weighted by Gasteiger charge is -2.38. The fourth-order valence-electron chi connectivity index (χ4n) is 3.95. The van der Waals surface area contributed by atoms with E-state index in [0.717, 1.165) is 51.0 Å². The van der Waals surface area contributed by atoms with E-state index in [1.165, 1.54) is 0 Å². The molecule has 4 heterocycles. The molecule has 5 nitrogen and oxygen atoms in total.